The van der Waals surface area contributed by atoms with Gasteiger partial charge in [0.25, 0.3) is 0 Å². The van der Waals surface area contributed by atoms with Crippen molar-refractivity contribution in [1.29, 1.82) is 0 Å². The fourth-order valence-electron chi connectivity index (χ4n) is 2.81. The highest BCUT2D eigenvalue weighted by Crippen LogP contribution is 2.26. The van der Waals surface area contributed by atoms with Crippen molar-refractivity contribution in [3.05, 3.63) is 40.3 Å². The van der Waals surface area contributed by atoms with Gasteiger partial charge in [-0.15, -0.1) is 24.8 Å². The minimum atomic E-state index is 0. The second-order valence-corrected chi connectivity index (χ2v) is 6.83. The molecule has 1 aliphatic heterocycles. The fraction of sp³-hybridized carbons (Fsp3) is 0.412. The standard InChI is InChI=1S/C17H20BrN3O2.2ClH/c1-11-17(12-2-4-13(18)5-3-12)23-15(20-11)6-7-16(22)21-9-8-14(19)10-21;;/h2-5,14H,6-10,19H2,1H3;2*1H/t14-;;/m1../s1. The van der Waals surface area contributed by atoms with E-state index in [1.54, 1.807) is 0 Å². The van der Waals surface area contributed by atoms with E-state index in [9.17, 15) is 4.79 Å². The maximum Gasteiger partial charge on any atom is 0.223 e. The molecule has 1 aromatic heterocycles. The predicted molar refractivity (Wildman–Crippen MR) is 106 cm³/mol. The molecule has 0 unspecified atom stereocenters. The molecule has 0 bridgehead atoms. The van der Waals surface area contributed by atoms with Crippen LogP contribution in [0.2, 0.25) is 0 Å². The van der Waals surface area contributed by atoms with Crippen LogP contribution in [0.4, 0.5) is 0 Å². The molecule has 1 atom stereocenters. The Bertz CT molecular complexity index is 706. The number of amides is 1. The highest BCUT2D eigenvalue weighted by Gasteiger charge is 2.23. The number of halogens is 3. The summed E-state index contributed by atoms with van der Waals surface area (Å²) in [4.78, 5) is 18.4. The van der Waals surface area contributed by atoms with Gasteiger partial charge < -0.3 is 15.1 Å². The number of carbonyl (C=O) groups excluding carboxylic acids is 1. The molecule has 138 valence electrons. The number of hydrogen-bond donors (Lipinski definition) is 1. The molecule has 0 spiro atoms. The number of nitrogens with two attached hydrogens (primary N) is 1. The SMILES string of the molecule is Cc1nc(CCC(=O)N2CC[C@@H](N)C2)oc1-c1ccc(Br)cc1.Cl.Cl. The second-order valence-electron chi connectivity index (χ2n) is 5.92. The van der Waals surface area contributed by atoms with Crippen LogP contribution in [0, 0.1) is 6.92 Å². The molecule has 2 heterocycles. The van der Waals surface area contributed by atoms with E-state index in [4.69, 9.17) is 10.2 Å². The Hall–Kier alpha value is -1.08. The van der Waals surface area contributed by atoms with Gasteiger partial charge in [-0.1, -0.05) is 28.1 Å². The molecule has 0 radical (unpaired) electrons. The number of hydrogen-bond acceptors (Lipinski definition) is 4. The zero-order chi connectivity index (χ0) is 16.4. The van der Waals surface area contributed by atoms with Crippen molar-refractivity contribution in [2.24, 2.45) is 5.73 Å². The average molecular weight is 451 g/mol. The lowest BCUT2D eigenvalue weighted by molar-refractivity contribution is -0.130. The van der Waals surface area contributed by atoms with Gasteiger partial charge in [0, 0.05) is 42.0 Å². The molecular formula is C17H22BrCl2N3O2. The summed E-state index contributed by atoms with van der Waals surface area (Å²) in [5, 5.41) is 0. The molecule has 2 aromatic rings. The van der Waals surface area contributed by atoms with E-state index >= 15 is 0 Å². The first-order valence-corrected chi connectivity index (χ1v) is 8.58. The van der Waals surface area contributed by atoms with E-state index in [0.717, 1.165) is 34.5 Å². The van der Waals surface area contributed by atoms with E-state index in [0.29, 0.717) is 25.3 Å². The quantitative estimate of drug-likeness (QED) is 0.769. The normalized spacial score (nSPS) is 16.3. The Labute approximate surface area is 168 Å². The number of aryl methyl sites for hydroxylation is 2. The zero-order valence-corrected chi connectivity index (χ0v) is 17.1. The molecule has 2 N–H and O–H groups in total. The maximum atomic E-state index is 12.2. The molecular weight excluding hydrogens is 429 g/mol. The highest BCUT2D eigenvalue weighted by molar-refractivity contribution is 9.10. The van der Waals surface area contributed by atoms with Crippen LogP contribution >= 0.6 is 40.7 Å². The third kappa shape index (κ3) is 5.45. The van der Waals surface area contributed by atoms with Crippen LogP contribution in [-0.4, -0.2) is 34.9 Å². The molecule has 0 aliphatic carbocycles. The topological polar surface area (TPSA) is 72.4 Å². The molecule has 25 heavy (non-hydrogen) atoms. The van der Waals surface area contributed by atoms with E-state index in [2.05, 4.69) is 20.9 Å². The van der Waals surface area contributed by atoms with Gasteiger partial charge in [-0.05, 0) is 25.5 Å². The van der Waals surface area contributed by atoms with Crippen LogP contribution in [0.15, 0.2) is 33.2 Å². The summed E-state index contributed by atoms with van der Waals surface area (Å²) in [6.07, 6.45) is 1.81. The fourth-order valence-corrected chi connectivity index (χ4v) is 3.08. The first-order chi connectivity index (χ1) is 11.0. The third-order valence-electron chi connectivity index (χ3n) is 4.08. The smallest absolute Gasteiger partial charge is 0.223 e. The van der Waals surface area contributed by atoms with Gasteiger partial charge >= 0.3 is 0 Å². The van der Waals surface area contributed by atoms with Gasteiger partial charge in [0.2, 0.25) is 5.91 Å². The van der Waals surface area contributed by atoms with E-state index < -0.39 is 0 Å². The lowest BCUT2D eigenvalue weighted by atomic mass is 10.1. The monoisotopic (exact) mass is 449 g/mol. The molecule has 1 aliphatic rings. The van der Waals surface area contributed by atoms with Crippen molar-refractivity contribution in [2.45, 2.75) is 32.2 Å². The van der Waals surface area contributed by atoms with Crippen LogP contribution in [0.3, 0.4) is 0 Å². The van der Waals surface area contributed by atoms with Crippen molar-refractivity contribution < 1.29 is 9.21 Å². The Kier molecular flexibility index (Phi) is 8.41. The van der Waals surface area contributed by atoms with Gasteiger partial charge in [0.05, 0.1) is 5.69 Å². The van der Waals surface area contributed by atoms with Gasteiger partial charge in [0.1, 0.15) is 0 Å². The van der Waals surface area contributed by atoms with Crippen LogP contribution < -0.4 is 5.73 Å². The number of rotatable bonds is 4. The predicted octanol–water partition coefficient (Wildman–Crippen LogP) is 3.75. The number of oxazole rings is 1. The van der Waals surface area contributed by atoms with Gasteiger partial charge in [-0.3, -0.25) is 4.79 Å². The summed E-state index contributed by atoms with van der Waals surface area (Å²) in [5.41, 5.74) is 7.67. The van der Waals surface area contributed by atoms with Crippen LogP contribution in [0.5, 0.6) is 0 Å². The summed E-state index contributed by atoms with van der Waals surface area (Å²) in [5.74, 6) is 1.50. The lowest BCUT2D eigenvalue weighted by Crippen LogP contribution is -2.31. The van der Waals surface area contributed by atoms with Gasteiger partial charge in [-0.2, -0.15) is 0 Å². The molecule has 5 nitrogen and oxygen atoms in total. The Morgan fingerprint density at radius 1 is 1.36 bits per heavy atom. The van der Waals surface area contributed by atoms with E-state index in [1.165, 1.54) is 0 Å². The van der Waals surface area contributed by atoms with Gasteiger partial charge in [0.15, 0.2) is 11.7 Å². The first-order valence-electron chi connectivity index (χ1n) is 7.78. The molecule has 1 aromatic carbocycles. The molecule has 0 saturated carbocycles. The summed E-state index contributed by atoms with van der Waals surface area (Å²) < 4.78 is 6.87. The Morgan fingerprint density at radius 3 is 2.64 bits per heavy atom. The van der Waals surface area contributed by atoms with E-state index in [1.807, 2.05) is 36.1 Å². The summed E-state index contributed by atoms with van der Waals surface area (Å²) in [6, 6.07) is 8.02. The van der Waals surface area contributed by atoms with Crippen LogP contribution in [0.1, 0.15) is 24.4 Å². The number of nitrogens with zero attached hydrogens (tertiary/aromatic N) is 2. The minimum Gasteiger partial charge on any atom is -0.440 e. The van der Waals surface area contributed by atoms with Gasteiger partial charge in [-0.25, -0.2) is 4.98 Å². The van der Waals surface area contributed by atoms with E-state index in [-0.39, 0.29) is 36.8 Å². The third-order valence-corrected chi connectivity index (χ3v) is 4.61. The minimum absolute atomic E-state index is 0. The van der Waals surface area contributed by atoms with Crippen molar-refractivity contribution >= 4 is 46.7 Å². The summed E-state index contributed by atoms with van der Waals surface area (Å²) >= 11 is 3.42. The highest BCUT2D eigenvalue weighted by atomic mass is 79.9. The Balaban J connectivity index is 0.00000156. The van der Waals surface area contributed by atoms with Crippen molar-refractivity contribution in [1.82, 2.24) is 9.88 Å². The molecule has 8 heteroatoms. The number of benzene rings is 1. The van der Waals surface area contributed by atoms with Crippen molar-refractivity contribution in [3.63, 3.8) is 0 Å². The molecule has 1 fully saturated rings. The summed E-state index contributed by atoms with van der Waals surface area (Å²) in [6.45, 7) is 3.34. The molecule has 1 amide bonds. The van der Waals surface area contributed by atoms with Crippen molar-refractivity contribution in [3.8, 4) is 11.3 Å². The first kappa shape index (κ1) is 22.0. The number of aromatic nitrogens is 1. The average Bonchev–Trinajstić information content (AvgIpc) is 3.12. The number of carbonyl (C=O) groups is 1. The zero-order valence-electron chi connectivity index (χ0n) is 13.9. The largest absolute Gasteiger partial charge is 0.440 e. The number of likely N-dealkylation sites (tertiary alicyclic amines) is 1. The summed E-state index contributed by atoms with van der Waals surface area (Å²) in [7, 11) is 0. The molecule has 3 rings (SSSR count). The maximum absolute atomic E-state index is 12.2. The second kappa shape index (κ2) is 9.57. The lowest BCUT2D eigenvalue weighted by Gasteiger charge is -2.14. The van der Waals surface area contributed by atoms with Crippen LogP contribution in [0.25, 0.3) is 11.3 Å². The Morgan fingerprint density at radius 2 is 2.04 bits per heavy atom. The van der Waals surface area contributed by atoms with Crippen molar-refractivity contribution in [2.75, 3.05) is 13.1 Å². The van der Waals surface area contributed by atoms with Crippen LogP contribution in [-0.2, 0) is 11.2 Å². The molecule has 1 saturated heterocycles.